The lowest BCUT2D eigenvalue weighted by molar-refractivity contribution is -0.384. The highest BCUT2D eigenvalue weighted by molar-refractivity contribution is 5.86. The predicted molar refractivity (Wildman–Crippen MR) is 94.6 cm³/mol. The molecule has 0 radical (unpaired) electrons. The minimum atomic E-state index is -0.783. The molecule has 1 amide bonds. The van der Waals surface area contributed by atoms with Crippen LogP contribution in [0.25, 0.3) is 16.6 Å². The Kier molecular flexibility index (Phi) is 4.61. The van der Waals surface area contributed by atoms with Gasteiger partial charge in [0, 0.05) is 12.1 Å². The largest absolute Gasteiger partial charge is 0.450 e. The molecule has 3 aromatic rings. The van der Waals surface area contributed by atoms with Gasteiger partial charge in [0.15, 0.2) is 0 Å². The Morgan fingerprint density at radius 1 is 1.27 bits per heavy atom. The van der Waals surface area contributed by atoms with Gasteiger partial charge in [0.2, 0.25) is 5.95 Å². The second-order valence-electron chi connectivity index (χ2n) is 5.22. The number of fused-ring (bicyclic) bond motifs is 1. The van der Waals surface area contributed by atoms with Crippen molar-refractivity contribution in [2.45, 2.75) is 6.92 Å². The number of anilines is 1. The first-order chi connectivity index (χ1) is 12.5. The van der Waals surface area contributed by atoms with E-state index in [0.717, 1.165) is 4.57 Å². The van der Waals surface area contributed by atoms with Crippen molar-refractivity contribution in [2.75, 3.05) is 11.9 Å². The predicted octanol–water partition coefficient (Wildman–Crippen LogP) is 2.86. The van der Waals surface area contributed by atoms with Gasteiger partial charge in [-0.1, -0.05) is 18.2 Å². The summed E-state index contributed by atoms with van der Waals surface area (Å²) in [4.78, 5) is 39.5. The van der Waals surface area contributed by atoms with Gasteiger partial charge in [-0.15, -0.1) is 0 Å². The summed E-state index contributed by atoms with van der Waals surface area (Å²) in [6, 6.07) is 12.1. The van der Waals surface area contributed by atoms with Gasteiger partial charge in [-0.25, -0.2) is 14.3 Å². The number of hydrogen-bond acceptors (Lipinski definition) is 6. The van der Waals surface area contributed by atoms with E-state index in [9.17, 15) is 19.7 Å². The van der Waals surface area contributed by atoms with Crippen LogP contribution in [0.1, 0.15) is 6.92 Å². The first-order valence-corrected chi connectivity index (χ1v) is 7.71. The summed E-state index contributed by atoms with van der Waals surface area (Å²) in [5.41, 5.74) is -0.0761. The van der Waals surface area contributed by atoms with Crippen molar-refractivity contribution < 1.29 is 14.5 Å². The van der Waals surface area contributed by atoms with Crippen molar-refractivity contribution in [3.8, 4) is 5.69 Å². The van der Waals surface area contributed by atoms with Crippen LogP contribution in [0.4, 0.5) is 16.4 Å². The highest BCUT2D eigenvalue weighted by Gasteiger charge is 2.17. The standard InChI is InChI=1S/C17H14N4O5/c1-2-26-17(23)19-16-18-14-9-4-3-8-13(14)15(22)20(16)11-6-5-7-12(10-11)21(24)25/h3-10H,2H2,1H3,(H,18,19,23). The van der Waals surface area contributed by atoms with Gasteiger partial charge in [-0.3, -0.25) is 20.2 Å². The molecule has 0 aliphatic carbocycles. The number of benzene rings is 2. The lowest BCUT2D eigenvalue weighted by atomic mass is 10.2. The molecule has 0 unspecified atom stereocenters. The third kappa shape index (κ3) is 3.22. The summed E-state index contributed by atoms with van der Waals surface area (Å²) >= 11 is 0. The number of amides is 1. The van der Waals surface area contributed by atoms with E-state index in [-0.39, 0.29) is 23.9 Å². The zero-order chi connectivity index (χ0) is 18.7. The molecule has 0 fully saturated rings. The Bertz CT molecular complexity index is 1060. The van der Waals surface area contributed by atoms with Gasteiger partial charge in [-0.2, -0.15) is 0 Å². The molecule has 0 spiro atoms. The van der Waals surface area contributed by atoms with Crippen molar-refractivity contribution in [1.82, 2.24) is 9.55 Å². The molecule has 9 nitrogen and oxygen atoms in total. The Hall–Kier alpha value is -3.75. The molecule has 0 bridgehead atoms. The van der Waals surface area contributed by atoms with Crippen molar-refractivity contribution in [3.63, 3.8) is 0 Å². The smallest absolute Gasteiger partial charge is 0.413 e. The highest BCUT2D eigenvalue weighted by Crippen LogP contribution is 2.20. The summed E-state index contributed by atoms with van der Waals surface area (Å²) in [7, 11) is 0. The Labute approximate surface area is 147 Å². The molecule has 1 N–H and O–H groups in total. The fraction of sp³-hybridized carbons (Fsp3) is 0.118. The fourth-order valence-electron chi connectivity index (χ4n) is 2.46. The van der Waals surface area contributed by atoms with Crippen molar-refractivity contribution in [1.29, 1.82) is 0 Å². The number of carbonyl (C=O) groups is 1. The molecule has 9 heteroatoms. The van der Waals surface area contributed by atoms with E-state index in [0.29, 0.717) is 10.9 Å². The number of carbonyl (C=O) groups excluding carboxylic acids is 1. The van der Waals surface area contributed by atoms with Crippen LogP contribution in [0, 0.1) is 10.1 Å². The molecule has 0 atom stereocenters. The van der Waals surface area contributed by atoms with Gasteiger partial charge in [-0.05, 0) is 25.1 Å². The molecule has 0 saturated heterocycles. The Morgan fingerprint density at radius 3 is 2.77 bits per heavy atom. The first kappa shape index (κ1) is 17.1. The maximum atomic E-state index is 12.9. The van der Waals surface area contributed by atoms with Gasteiger partial charge in [0.1, 0.15) is 0 Å². The van der Waals surface area contributed by atoms with Gasteiger partial charge in [0.05, 0.1) is 28.1 Å². The second-order valence-corrected chi connectivity index (χ2v) is 5.22. The van der Waals surface area contributed by atoms with Crippen LogP contribution >= 0.6 is 0 Å². The van der Waals surface area contributed by atoms with Gasteiger partial charge >= 0.3 is 6.09 Å². The summed E-state index contributed by atoms with van der Waals surface area (Å²) in [6.45, 7) is 1.78. The zero-order valence-corrected chi connectivity index (χ0v) is 13.7. The molecule has 1 heterocycles. The number of ether oxygens (including phenoxy) is 1. The SMILES string of the molecule is CCOC(=O)Nc1nc2ccccc2c(=O)n1-c1cccc([N+](=O)[O-])c1. The molecular formula is C17H14N4O5. The van der Waals surface area contributed by atoms with Crippen LogP contribution in [0.15, 0.2) is 53.3 Å². The van der Waals surface area contributed by atoms with Crippen LogP contribution in [0.3, 0.4) is 0 Å². The average Bonchev–Trinajstić information content (AvgIpc) is 2.62. The zero-order valence-electron chi connectivity index (χ0n) is 13.7. The molecule has 0 saturated carbocycles. The second kappa shape index (κ2) is 7.01. The molecule has 132 valence electrons. The average molecular weight is 354 g/mol. The summed E-state index contributed by atoms with van der Waals surface area (Å²) in [5.74, 6) is -0.0901. The Balaban J connectivity index is 2.26. The summed E-state index contributed by atoms with van der Waals surface area (Å²) < 4.78 is 5.94. The van der Waals surface area contributed by atoms with Crippen LogP contribution in [-0.2, 0) is 4.74 Å². The van der Waals surface area contributed by atoms with Crippen LogP contribution < -0.4 is 10.9 Å². The highest BCUT2D eigenvalue weighted by atomic mass is 16.6. The number of aromatic nitrogens is 2. The number of hydrogen-bond donors (Lipinski definition) is 1. The van der Waals surface area contributed by atoms with E-state index in [2.05, 4.69) is 10.3 Å². The number of nitro benzene ring substituents is 1. The Morgan fingerprint density at radius 2 is 2.04 bits per heavy atom. The van der Waals surface area contributed by atoms with E-state index >= 15 is 0 Å². The van der Waals surface area contributed by atoms with Crippen molar-refractivity contribution in [3.05, 3.63) is 69.0 Å². The van der Waals surface area contributed by atoms with Crippen molar-refractivity contribution in [2.24, 2.45) is 0 Å². The normalized spacial score (nSPS) is 10.5. The minimum absolute atomic E-state index is 0.0901. The number of nitrogens with one attached hydrogen (secondary N) is 1. The number of rotatable bonds is 4. The molecular weight excluding hydrogens is 340 g/mol. The molecule has 1 aromatic heterocycles. The molecule has 26 heavy (non-hydrogen) atoms. The number of non-ortho nitro benzene ring substituents is 1. The number of nitro groups is 1. The third-order valence-corrected chi connectivity index (χ3v) is 3.56. The lowest BCUT2D eigenvalue weighted by Crippen LogP contribution is -2.26. The van der Waals surface area contributed by atoms with E-state index in [4.69, 9.17) is 4.74 Å². The molecule has 3 rings (SSSR count). The lowest BCUT2D eigenvalue weighted by Gasteiger charge is -2.14. The third-order valence-electron chi connectivity index (χ3n) is 3.56. The summed E-state index contributed by atoms with van der Waals surface area (Å²) in [6.07, 6.45) is -0.783. The maximum absolute atomic E-state index is 12.9. The van der Waals surface area contributed by atoms with Gasteiger partial charge in [0.25, 0.3) is 11.2 Å². The van der Waals surface area contributed by atoms with E-state index in [1.54, 1.807) is 31.2 Å². The number of nitrogens with zero attached hydrogens (tertiary/aromatic N) is 3. The topological polar surface area (TPSA) is 116 Å². The van der Waals surface area contributed by atoms with E-state index in [1.165, 1.54) is 24.3 Å². The van der Waals surface area contributed by atoms with E-state index in [1.807, 2.05) is 0 Å². The fourth-order valence-corrected chi connectivity index (χ4v) is 2.46. The van der Waals surface area contributed by atoms with Crippen LogP contribution in [0.5, 0.6) is 0 Å². The minimum Gasteiger partial charge on any atom is -0.450 e. The van der Waals surface area contributed by atoms with Crippen LogP contribution in [-0.4, -0.2) is 27.2 Å². The molecule has 0 aliphatic rings. The van der Waals surface area contributed by atoms with E-state index < -0.39 is 16.6 Å². The first-order valence-electron chi connectivity index (χ1n) is 7.71. The summed E-state index contributed by atoms with van der Waals surface area (Å²) in [5, 5.41) is 13.8. The maximum Gasteiger partial charge on any atom is 0.413 e. The number of para-hydroxylation sites is 1. The molecule has 0 aliphatic heterocycles. The van der Waals surface area contributed by atoms with Crippen LogP contribution in [0.2, 0.25) is 0 Å². The monoisotopic (exact) mass is 354 g/mol. The molecule has 2 aromatic carbocycles. The van der Waals surface area contributed by atoms with Crippen molar-refractivity contribution >= 4 is 28.6 Å². The quantitative estimate of drug-likeness (QED) is 0.569. The van der Waals surface area contributed by atoms with Gasteiger partial charge < -0.3 is 4.74 Å².